The Morgan fingerprint density at radius 2 is 2.32 bits per heavy atom. The number of pyridine rings is 1. The second-order valence-electron chi connectivity index (χ2n) is 5.05. The first-order valence-corrected chi connectivity index (χ1v) is 6.63. The minimum Gasteiger partial charge on any atom is -0.467 e. The monoisotopic (exact) mass is 258 g/mol. The van der Waals surface area contributed by atoms with Crippen molar-refractivity contribution in [3.8, 4) is 0 Å². The molecule has 0 aromatic carbocycles. The summed E-state index contributed by atoms with van der Waals surface area (Å²) in [5.41, 5.74) is 2.93. The lowest BCUT2D eigenvalue weighted by molar-refractivity contribution is 0.281. The van der Waals surface area contributed by atoms with E-state index in [1.54, 1.807) is 12.5 Å². The van der Waals surface area contributed by atoms with Crippen LogP contribution in [-0.4, -0.2) is 16.1 Å². The Labute approximate surface area is 112 Å². The summed E-state index contributed by atoms with van der Waals surface area (Å²) in [5.74, 6) is 0.949. The lowest BCUT2D eigenvalue weighted by Gasteiger charge is -2.26. The SMILES string of the molecule is Cc1cc(N(Cc2ccco2)C2CC2)c(CO)cn1. The molecule has 100 valence electrons. The van der Waals surface area contributed by atoms with Crippen molar-refractivity contribution in [3.63, 3.8) is 0 Å². The van der Waals surface area contributed by atoms with Crippen molar-refractivity contribution in [3.05, 3.63) is 47.7 Å². The summed E-state index contributed by atoms with van der Waals surface area (Å²) >= 11 is 0. The fraction of sp³-hybridized carbons (Fsp3) is 0.400. The van der Waals surface area contributed by atoms with Gasteiger partial charge in [0.05, 0.1) is 19.4 Å². The van der Waals surface area contributed by atoms with Crippen LogP contribution in [0.2, 0.25) is 0 Å². The van der Waals surface area contributed by atoms with Gasteiger partial charge in [0.25, 0.3) is 0 Å². The van der Waals surface area contributed by atoms with E-state index in [1.807, 2.05) is 25.1 Å². The predicted octanol–water partition coefficient (Wildman–Crippen LogP) is 2.64. The zero-order chi connectivity index (χ0) is 13.2. The molecule has 1 saturated carbocycles. The Bertz CT molecular complexity index is 547. The maximum absolute atomic E-state index is 9.50. The molecular formula is C15H18N2O2. The van der Waals surface area contributed by atoms with Gasteiger partial charge in [-0.05, 0) is 38.0 Å². The van der Waals surface area contributed by atoms with Crippen LogP contribution in [0, 0.1) is 6.92 Å². The molecule has 0 radical (unpaired) electrons. The van der Waals surface area contributed by atoms with Crippen molar-refractivity contribution < 1.29 is 9.52 Å². The molecule has 0 bridgehead atoms. The molecule has 0 atom stereocenters. The van der Waals surface area contributed by atoms with E-state index in [-0.39, 0.29) is 6.61 Å². The van der Waals surface area contributed by atoms with Crippen molar-refractivity contribution in [1.82, 2.24) is 4.98 Å². The van der Waals surface area contributed by atoms with Gasteiger partial charge in [-0.2, -0.15) is 0 Å². The van der Waals surface area contributed by atoms with Gasteiger partial charge in [-0.3, -0.25) is 4.98 Å². The first-order chi connectivity index (χ1) is 9.28. The van der Waals surface area contributed by atoms with E-state index in [4.69, 9.17) is 4.42 Å². The zero-order valence-corrected chi connectivity index (χ0v) is 11.0. The highest BCUT2D eigenvalue weighted by Gasteiger charge is 2.31. The van der Waals surface area contributed by atoms with Gasteiger partial charge < -0.3 is 14.4 Å². The molecule has 2 heterocycles. The largest absolute Gasteiger partial charge is 0.467 e. The van der Waals surface area contributed by atoms with E-state index in [2.05, 4.69) is 9.88 Å². The van der Waals surface area contributed by atoms with Crippen molar-refractivity contribution in [2.45, 2.75) is 39.0 Å². The zero-order valence-electron chi connectivity index (χ0n) is 11.0. The highest BCUT2D eigenvalue weighted by Crippen LogP contribution is 2.35. The van der Waals surface area contributed by atoms with Crippen LogP contribution in [0.4, 0.5) is 5.69 Å². The van der Waals surface area contributed by atoms with E-state index in [0.29, 0.717) is 6.04 Å². The average molecular weight is 258 g/mol. The van der Waals surface area contributed by atoms with Crippen molar-refractivity contribution in [1.29, 1.82) is 0 Å². The van der Waals surface area contributed by atoms with Crippen LogP contribution in [0.1, 0.15) is 29.9 Å². The number of nitrogens with zero attached hydrogens (tertiary/aromatic N) is 2. The van der Waals surface area contributed by atoms with Gasteiger partial charge in [0.1, 0.15) is 5.76 Å². The van der Waals surface area contributed by atoms with Gasteiger partial charge in [0, 0.05) is 29.2 Å². The highest BCUT2D eigenvalue weighted by molar-refractivity contribution is 5.55. The Morgan fingerprint density at radius 3 is 2.95 bits per heavy atom. The molecule has 0 saturated heterocycles. The fourth-order valence-corrected chi connectivity index (χ4v) is 2.33. The molecular weight excluding hydrogens is 240 g/mol. The van der Waals surface area contributed by atoms with Crippen LogP contribution in [-0.2, 0) is 13.2 Å². The summed E-state index contributed by atoms with van der Waals surface area (Å²) < 4.78 is 5.45. The predicted molar refractivity (Wildman–Crippen MR) is 72.8 cm³/mol. The number of aromatic nitrogens is 1. The van der Waals surface area contributed by atoms with Crippen molar-refractivity contribution >= 4 is 5.69 Å². The number of hydrogen-bond acceptors (Lipinski definition) is 4. The van der Waals surface area contributed by atoms with Gasteiger partial charge in [-0.25, -0.2) is 0 Å². The molecule has 1 N–H and O–H groups in total. The summed E-state index contributed by atoms with van der Waals surface area (Å²) in [4.78, 5) is 6.58. The maximum atomic E-state index is 9.50. The van der Waals surface area contributed by atoms with Crippen LogP contribution in [0.15, 0.2) is 35.1 Å². The number of aliphatic hydroxyl groups excluding tert-OH is 1. The van der Waals surface area contributed by atoms with Gasteiger partial charge in [-0.1, -0.05) is 0 Å². The van der Waals surface area contributed by atoms with E-state index >= 15 is 0 Å². The van der Waals surface area contributed by atoms with Gasteiger partial charge in [0.15, 0.2) is 0 Å². The topological polar surface area (TPSA) is 49.5 Å². The summed E-state index contributed by atoms with van der Waals surface area (Å²) in [6.07, 6.45) is 5.87. The number of aryl methyl sites for hydroxylation is 1. The van der Waals surface area contributed by atoms with Crippen LogP contribution in [0.5, 0.6) is 0 Å². The molecule has 0 spiro atoms. The number of furan rings is 1. The highest BCUT2D eigenvalue weighted by atomic mass is 16.3. The fourth-order valence-electron chi connectivity index (χ4n) is 2.33. The normalized spacial score (nSPS) is 14.6. The third-order valence-electron chi connectivity index (χ3n) is 3.47. The summed E-state index contributed by atoms with van der Waals surface area (Å²) in [7, 11) is 0. The minimum atomic E-state index is 0.0178. The Morgan fingerprint density at radius 1 is 1.47 bits per heavy atom. The van der Waals surface area contributed by atoms with Crippen LogP contribution in [0.25, 0.3) is 0 Å². The Kier molecular flexibility index (Phi) is 3.25. The third-order valence-corrected chi connectivity index (χ3v) is 3.47. The van der Waals surface area contributed by atoms with Crippen LogP contribution < -0.4 is 4.90 Å². The lowest BCUT2D eigenvalue weighted by atomic mass is 10.2. The van der Waals surface area contributed by atoms with E-state index in [0.717, 1.165) is 29.2 Å². The van der Waals surface area contributed by atoms with E-state index in [9.17, 15) is 5.11 Å². The standard InChI is InChI=1S/C15H18N2O2/c1-11-7-15(12(10-18)8-16-11)17(13-4-5-13)9-14-3-2-6-19-14/h2-3,6-8,13,18H,4-5,9-10H2,1H3. The molecule has 4 nitrogen and oxygen atoms in total. The molecule has 1 aliphatic carbocycles. The maximum Gasteiger partial charge on any atom is 0.123 e. The van der Waals surface area contributed by atoms with E-state index < -0.39 is 0 Å². The summed E-state index contributed by atoms with van der Waals surface area (Å²) in [6, 6.07) is 6.50. The van der Waals surface area contributed by atoms with E-state index in [1.165, 1.54) is 12.8 Å². The number of aliphatic hydroxyl groups is 1. The smallest absolute Gasteiger partial charge is 0.123 e. The van der Waals surface area contributed by atoms with Crippen LogP contribution >= 0.6 is 0 Å². The lowest BCUT2D eigenvalue weighted by Crippen LogP contribution is -2.26. The number of rotatable bonds is 5. The molecule has 0 unspecified atom stereocenters. The van der Waals surface area contributed by atoms with Gasteiger partial charge in [-0.15, -0.1) is 0 Å². The average Bonchev–Trinajstić information content (AvgIpc) is 3.13. The molecule has 0 amide bonds. The molecule has 4 heteroatoms. The minimum absolute atomic E-state index is 0.0178. The second-order valence-corrected chi connectivity index (χ2v) is 5.05. The summed E-state index contributed by atoms with van der Waals surface area (Å²) in [6.45, 7) is 2.74. The summed E-state index contributed by atoms with van der Waals surface area (Å²) in [5, 5.41) is 9.50. The van der Waals surface area contributed by atoms with Gasteiger partial charge >= 0.3 is 0 Å². The Hall–Kier alpha value is -1.81. The molecule has 3 rings (SSSR count). The first kappa shape index (κ1) is 12.2. The quantitative estimate of drug-likeness (QED) is 0.895. The first-order valence-electron chi connectivity index (χ1n) is 6.63. The molecule has 19 heavy (non-hydrogen) atoms. The van der Waals surface area contributed by atoms with Crippen molar-refractivity contribution in [2.75, 3.05) is 4.90 Å². The molecule has 1 fully saturated rings. The number of hydrogen-bond donors (Lipinski definition) is 1. The molecule has 0 aliphatic heterocycles. The second kappa shape index (κ2) is 5.05. The molecule has 2 aromatic rings. The molecule has 1 aliphatic rings. The van der Waals surface area contributed by atoms with Crippen molar-refractivity contribution in [2.24, 2.45) is 0 Å². The molecule has 2 aromatic heterocycles. The van der Waals surface area contributed by atoms with Gasteiger partial charge in [0.2, 0.25) is 0 Å². The number of anilines is 1. The third kappa shape index (κ3) is 2.63. The van der Waals surface area contributed by atoms with Crippen LogP contribution in [0.3, 0.4) is 0 Å². The Balaban J connectivity index is 1.93.